The summed E-state index contributed by atoms with van der Waals surface area (Å²) in [5.41, 5.74) is 11.7. The van der Waals surface area contributed by atoms with Gasteiger partial charge in [-0.2, -0.15) is 5.10 Å². The molecule has 0 radical (unpaired) electrons. The van der Waals surface area contributed by atoms with Crippen molar-refractivity contribution >= 4 is 21.8 Å². The Morgan fingerprint density at radius 1 is 0.780 bits per heavy atom. The molecule has 0 aliphatic rings. The molecule has 50 heavy (non-hydrogen) atoms. The molecule has 7 aromatic rings. The van der Waals surface area contributed by atoms with Gasteiger partial charge in [0.05, 0.1) is 22.4 Å². The Balaban J connectivity index is 1.35. The highest BCUT2D eigenvalue weighted by Crippen LogP contribution is 2.38. The number of aryl methyl sites for hydroxylation is 3. The molecule has 1 unspecified atom stereocenters. The average Bonchev–Trinajstić information content (AvgIpc) is 3.58. The van der Waals surface area contributed by atoms with E-state index in [4.69, 9.17) is 14.8 Å². The highest BCUT2D eigenvalue weighted by atomic mass is 16.5. The lowest BCUT2D eigenvalue weighted by atomic mass is 9.88. The van der Waals surface area contributed by atoms with Crippen LogP contribution in [0.15, 0.2) is 103 Å². The molecule has 0 N–H and O–H groups in total. The van der Waals surface area contributed by atoms with E-state index in [1.54, 1.807) is 0 Å². The summed E-state index contributed by atoms with van der Waals surface area (Å²) in [7, 11) is 0. The number of rotatable bonds is 9. The van der Waals surface area contributed by atoms with Gasteiger partial charge < -0.3 is 4.74 Å². The van der Waals surface area contributed by atoms with Gasteiger partial charge >= 0.3 is 0 Å². The highest BCUT2D eigenvalue weighted by Gasteiger charge is 2.19. The summed E-state index contributed by atoms with van der Waals surface area (Å²) in [6.07, 6.45) is 5.01. The van der Waals surface area contributed by atoms with Gasteiger partial charge in [-0.1, -0.05) is 71.0 Å². The van der Waals surface area contributed by atoms with Gasteiger partial charge in [-0.05, 0) is 122 Å². The van der Waals surface area contributed by atoms with Crippen molar-refractivity contribution in [2.75, 3.05) is 0 Å². The molecule has 0 saturated carbocycles. The lowest BCUT2D eigenvalue weighted by molar-refractivity contribution is 0.378. The van der Waals surface area contributed by atoms with Crippen molar-refractivity contribution in [3.63, 3.8) is 0 Å². The fourth-order valence-corrected chi connectivity index (χ4v) is 7.05. The Morgan fingerprint density at radius 3 is 2.32 bits per heavy atom. The molecule has 3 aromatic heterocycles. The largest absolute Gasteiger partial charge is 0.457 e. The Labute approximate surface area is 296 Å². The smallest absolute Gasteiger partial charge is 0.137 e. The molecule has 0 bridgehead atoms. The fraction of sp³-hybridized carbons (Fsp3) is 0.289. The van der Waals surface area contributed by atoms with Crippen LogP contribution in [0.2, 0.25) is 0 Å². The number of benzene rings is 4. The lowest BCUT2D eigenvalue weighted by Crippen LogP contribution is -2.07. The van der Waals surface area contributed by atoms with Crippen LogP contribution in [0.25, 0.3) is 44.4 Å². The topological polar surface area (TPSA) is 44.9 Å². The van der Waals surface area contributed by atoms with Crippen LogP contribution in [-0.4, -0.2) is 19.3 Å². The van der Waals surface area contributed by atoms with Gasteiger partial charge in [0.25, 0.3) is 0 Å². The van der Waals surface area contributed by atoms with Gasteiger partial charge in [-0.3, -0.25) is 4.57 Å². The van der Waals surface area contributed by atoms with Gasteiger partial charge in [-0.15, -0.1) is 0 Å². The van der Waals surface area contributed by atoms with Crippen molar-refractivity contribution in [2.45, 2.75) is 80.6 Å². The van der Waals surface area contributed by atoms with E-state index in [1.807, 2.05) is 12.3 Å². The van der Waals surface area contributed by atoms with Gasteiger partial charge in [0.15, 0.2) is 0 Å². The number of aromatic nitrogens is 4. The third kappa shape index (κ3) is 6.57. The fourth-order valence-electron chi connectivity index (χ4n) is 7.05. The van der Waals surface area contributed by atoms with Crippen LogP contribution in [0, 0.1) is 26.2 Å². The van der Waals surface area contributed by atoms with Crippen LogP contribution in [0.5, 0.6) is 11.5 Å². The molecule has 7 rings (SSSR count). The first kappa shape index (κ1) is 33.3. The number of hydrogen-bond donors (Lipinski definition) is 0. The second kappa shape index (κ2) is 13.3. The standard InChI is InChI=1S/C45H48N4O/c1-9-30(3)35-15-18-41-40(26-35)39-17-16-37(28-42(39)48(41)43-23-29(2)20-22-46-43)50-38-25-33(19-21-45(6,7)8)24-36(27-38)49-32(5)44(31(4)47-49)34-13-11-10-12-14-34/h10-18,20,22-28,30H,9,19,21H2,1-8H3. The van der Waals surface area contributed by atoms with Crippen LogP contribution in [0.1, 0.15) is 81.5 Å². The highest BCUT2D eigenvalue weighted by molar-refractivity contribution is 6.09. The maximum absolute atomic E-state index is 6.80. The predicted octanol–water partition coefficient (Wildman–Crippen LogP) is 12.2. The molecular formula is C45H48N4O. The second-order valence-electron chi connectivity index (χ2n) is 15.1. The van der Waals surface area contributed by atoms with E-state index in [2.05, 4.69) is 156 Å². The monoisotopic (exact) mass is 660 g/mol. The number of pyridine rings is 1. The number of hydrogen-bond acceptors (Lipinski definition) is 3. The summed E-state index contributed by atoms with van der Waals surface area (Å²) in [5.74, 6) is 2.98. The zero-order valence-corrected chi connectivity index (χ0v) is 30.7. The van der Waals surface area contributed by atoms with Crippen molar-refractivity contribution in [3.05, 3.63) is 131 Å². The number of ether oxygens (including phenoxy) is 1. The average molecular weight is 661 g/mol. The normalized spacial score (nSPS) is 12.6. The Kier molecular flexibility index (Phi) is 8.86. The van der Waals surface area contributed by atoms with Crippen molar-refractivity contribution in [3.8, 4) is 34.1 Å². The number of fused-ring (bicyclic) bond motifs is 3. The Bertz CT molecular complexity index is 2320. The lowest BCUT2D eigenvalue weighted by Gasteiger charge is -2.19. The van der Waals surface area contributed by atoms with Gasteiger partial charge in [0, 0.05) is 40.4 Å². The zero-order chi connectivity index (χ0) is 35.2. The Morgan fingerprint density at radius 2 is 1.58 bits per heavy atom. The molecule has 0 saturated heterocycles. The molecule has 4 aromatic carbocycles. The van der Waals surface area contributed by atoms with Crippen LogP contribution >= 0.6 is 0 Å². The summed E-state index contributed by atoms with van der Waals surface area (Å²) in [6.45, 7) is 17.8. The van der Waals surface area contributed by atoms with E-state index < -0.39 is 0 Å². The second-order valence-corrected chi connectivity index (χ2v) is 15.1. The SMILES string of the molecule is CCC(C)c1ccc2c(c1)c1ccc(Oc3cc(CCC(C)(C)C)cc(-n4nc(C)c(-c5ccccc5)c4C)c3)cc1n2-c1cc(C)ccn1. The van der Waals surface area contributed by atoms with Crippen LogP contribution in [-0.2, 0) is 6.42 Å². The third-order valence-corrected chi connectivity index (χ3v) is 10.0. The van der Waals surface area contributed by atoms with E-state index >= 15 is 0 Å². The van der Waals surface area contributed by atoms with E-state index in [9.17, 15) is 0 Å². The van der Waals surface area contributed by atoms with Crippen LogP contribution in [0.4, 0.5) is 0 Å². The first-order valence-electron chi connectivity index (χ1n) is 17.9. The van der Waals surface area contributed by atoms with Crippen molar-refractivity contribution < 1.29 is 4.74 Å². The van der Waals surface area contributed by atoms with Gasteiger partial charge in [-0.25, -0.2) is 9.67 Å². The van der Waals surface area contributed by atoms with Gasteiger partial charge in [0.1, 0.15) is 17.3 Å². The van der Waals surface area contributed by atoms with Crippen LogP contribution in [0.3, 0.4) is 0 Å². The molecule has 254 valence electrons. The maximum Gasteiger partial charge on any atom is 0.137 e. The predicted molar refractivity (Wildman–Crippen MR) is 208 cm³/mol. The minimum Gasteiger partial charge on any atom is -0.457 e. The Hall–Kier alpha value is -5.16. The molecule has 1 atom stereocenters. The van der Waals surface area contributed by atoms with E-state index in [0.29, 0.717) is 5.92 Å². The quantitative estimate of drug-likeness (QED) is 0.155. The van der Waals surface area contributed by atoms with Crippen molar-refractivity contribution in [2.24, 2.45) is 5.41 Å². The maximum atomic E-state index is 6.80. The molecule has 0 amide bonds. The summed E-state index contributed by atoms with van der Waals surface area (Å²) in [4.78, 5) is 4.82. The molecule has 0 fully saturated rings. The molecular weight excluding hydrogens is 613 g/mol. The van der Waals surface area contributed by atoms with Gasteiger partial charge in [0.2, 0.25) is 0 Å². The molecule has 0 aliphatic carbocycles. The molecule has 0 spiro atoms. The summed E-state index contributed by atoms with van der Waals surface area (Å²) in [5, 5.41) is 7.47. The van der Waals surface area contributed by atoms with Crippen molar-refractivity contribution in [1.82, 2.24) is 19.3 Å². The number of nitrogens with zero attached hydrogens (tertiary/aromatic N) is 4. The van der Waals surface area contributed by atoms with Crippen LogP contribution < -0.4 is 4.74 Å². The minimum atomic E-state index is 0.215. The van der Waals surface area contributed by atoms with E-state index in [-0.39, 0.29) is 5.41 Å². The minimum absolute atomic E-state index is 0.215. The summed E-state index contributed by atoms with van der Waals surface area (Å²) < 4.78 is 11.1. The van der Waals surface area contributed by atoms with E-state index in [1.165, 1.54) is 38.6 Å². The summed E-state index contributed by atoms with van der Waals surface area (Å²) in [6, 6.07) is 34.7. The van der Waals surface area contributed by atoms with E-state index in [0.717, 1.165) is 64.7 Å². The molecule has 3 heterocycles. The first-order chi connectivity index (χ1) is 24.0. The zero-order valence-electron chi connectivity index (χ0n) is 30.7. The first-order valence-corrected chi connectivity index (χ1v) is 17.9. The summed E-state index contributed by atoms with van der Waals surface area (Å²) >= 11 is 0. The molecule has 5 heteroatoms. The van der Waals surface area contributed by atoms with Crippen molar-refractivity contribution in [1.29, 1.82) is 0 Å². The third-order valence-electron chi connectivity index (χ3n) is 10.0. The molecule has 0 aliphatic heterocycles. The molecule has 5 nitrogen and oxygen atoms in total.